The standard InChI is InChI=1S/C13H14N2O2S/c1-15-7-2-3-11(13(15)17)12(16)14-6-4-10-5-8-18-9-10/h2-3,5,7-9H,4,6H2,1H3,(H,14,16). The van der Waals surface area contributed by atoms with Crippen LogP contribution < -0.4 is 10.9 Å². The second-order valence-corrected chi connectivity index (χ2v) is 4.76. The fourth-order valence-electron chi connectivity index (χ4n) is 1.62. The van der Waals surface area contributed by atoms with Gasteiger partial charge in [0.25, 0.3) is 11.5 Å². The van der Waals surface area contributed by atoms with E-state index in [1.807, 2.05) is 16.8 Å². The van der Waals surface area contributed by atoms with Gasteiger partial charge in [0.1, 0.15) is 5.56 Å². The average Bonchev–Trinajstić information content (AvgIpc) is 2.85. The number of carbonyl (C=O) groups excluding carboxylic acids is 1. The van der Waals surface area contributed by atoms with E-state index in [2.05, 4.69) is 5.32 Å². The number of rotatable bonds is 4. The lowest BCUT2D eigenvalue weighted by molar-refractivity contribution is 0.0952. The number of hydrogen-bond acceptors (Lipinski definition) is 3. The first-order valence-corrected chi connectivity index (χ1v) is 6.57. The van der Waals surface area contributed by atoms with Gasteiger partial charge in [-0.1, -0.05) is 0 Å². The van der Waals surface area contributed by atoms with Crippen LogP contribution in [0.2, 0.25) is 0 Å². The van der Waals surface area contributed by atoms with Crippen molar-refractivity contribution in [1.82, 2.24) is 9.88 Å². The van der Waals surface area contributed by atoms with E-state index in [0.717, 1.165) is 6.42 Å². The Hall–Kier alpha value is -1.88. The molecule has 0 spiro atoms. The van der Waals surface area contributed by atoms with Crippen molar-refractivity contribution in [1.29, 1.82) is 0 Å². The van der Waals surface area contributed by atoms with E-state index in [0.29, 0.717) is 6.54 Å². The molecule has 0 saturated heterocycles. The molecular weight excluding hydrogens is 248 g/mol. The van der Waals surface area contributed by atoms with Crippen molar-refractivity contribution in [3.8, 4) is 0 Å². The highest BCUT2D eigenvalue weighted by atomic mass is 32.1. The number of pyridine rings is 1. The first kappa shape index (κ1) is 12.6. The molecule has 0 aliphatic heterocycles. The molecule has 18 heavy (non-hydrogen) atoms. The van der Waals surface area contributed by atoms with Crippen molar-refractivity contribution in [2.24, 2.45) is 7.05 Å². The fraction of sp³-hybridized carbons (Fsp3) is 0.231. The average molecular weight is 262 g/mol. The van der Waals surface area contributed by atoms with Crippen LogP contribution in [0.1, 0.15) is 15.9 Å². The second kappa shape index (κ2) is 5.64. The lowest BCUT2D eigenvalue weighted by Crippen LogP contribution is -2.32. The third kappa shape index (κ3) is 2.87. The molecule has 2 aromatic rings. The van der Waals surface area contributed by atoms with Gasteiger partial charge in [0.15, 0.2) is 0 Å². The van der Waals surface area contributed by atoms with E-state index in [9.17, 15) is 9.59 Å². The van der Waals surface area contributed by atoms with Gasteiger partial charge in [-0.15, -0.1) is 0 Å². The first-order valence-electron chi connectivity index (χ1n) is 5.63. The molecule has 2 aromatic heterocycles. The number of aryl methyl sites for hydroxylation is 1. The largest absolute Gasteiger partial charge is 0.352 e. The number of thiophene rings is 1. The Balaban J connectivity index is 1.96. The van der Waals surface area contributed by atoms with Crippen LogP contribution in [0, 0.1) is 0 Å². The normalized spacial score (nSPS) is 10.3. The van der Waals surface area contributed by atoms with Crippen molar-refractivity contribution in [2.75, 3.05) is 6.54 Å². The fourth-order valence-corrected chi connectivity index (χ4v) is 2.32. The molecule has 1 amide bonds. The Bertz CT molecular complexity index is 587. The predicted octanol–water partition coefficient (Wildman–Crippen LogP) is 1.42. The SMILES string of the molecule is Cn1cccc(C(=O)NCCc2ccsc2)c1=O. The molecule has 0 aliphatic rings. The molecule has 0 aromatic carbocycles. The Morgan fingerprint density at radius 2 is 2.28 bits per heavy atom. The van der Waals surface area contributed by atoms with Crippen LogP contribution in [-0.4, -0.2) is 17.0 Å². The summed E-state index contributed by atoms with van der Waals surface area (Å²) in [6, 6.07) is 5.26. The van der Waals surface area contributed by atoms with E-state index >= 15 is 0 Å². The molecule has 0 saturated carbocycles. The molecule has 0 radical (unpaired) electrons. The molecule has 0 atom stereocenters. The van der Waals surface area contributed by atoms with Crippen molar-refractivity contribution >= 4 is 17.2 Å². The highest BCUT2D eigenvalue weighted by Crippen LogP contribution is 2.05. The third-order valence-corrected chi connectivity index (χ3v) is 3.38. The Kier molecular flexibility index (Phi) is 3.94. The molecule has 5 heteroatoms. The molecule has 1 N–H and O–H groups in total. The Labute approximate surface area is 109 Å². The van der Waals surface area contributed by atoms with Crippen molar-refractivity contribution in [3.63, 3.8) is 0 Å². The summed E-state index contributed by atoms with van der Waals surface area (Å²) in [7, 11) is 1.63. The first-order chi connectivity index (χ1) is 8.68. The zero-order valence-corrected chi connectivity index (χ0v) is 10.9. The van der Waals surface area contributed by atoms with Crippen molar-refractivity contribution < 1.29 is 4.79 Å². The summed E-state index contributed by atoms with van der Waals surface area (Å²) in [6.07, 6.45) is 2.41. The number of carbonyl (C=O) groups is 1. The quantitative estimate of drug-likeness (QED) is 0.906. The van der Waals surface area contributed by atoms with Crippen molar-refractivity contribution in [3.05, 3.63) is 56.6 Å². The van der Waals surface area contributed by atoms with Gasteiger partial charge in [0, 0.05) is 19.8 Å². The van der Waals surface area contributed by atoms with E-state index < -0.39 is 0 Å². The molecule has 0 aliphatic carbocycles. The topological polar surface area (TPSA) is 51.1 Å². The smallest absolute Gasteiger partial charge is 0.263 e. The molecule has 94 valence electrons. The summed E-state index contributed by atoms with van der Waals surface area (Å²) in [5.41, 5.74) is 1.11. The third-order valence-electron chi connectivity index (χ3n) is 2.65. The van der Waals surface area contributed by atoms with E-state index in [1.165, 1.54) is 10.1 Å². The van der Waals surface area contributed by atoms with Gasteiger partial charge < -0.3 is 9.88 Å². The van der Waals surface area contributed by atoms with Gasteiger partial charge in [-0.25, -0.2) is 0 Å². The number of aromatic nitrogens is 1. The monoisotopic (exact) mass is 262 g/mol. The molecule has 2 rings (SSSR count). The minimum atomic E-state index is -0.313. The minimum Gasteiger partial charge on any atom is -0.352 e. The van der Waals surface area contributed by atoms with Crippen LogP contribution in [0.5, 0.6) is 0 Å². The number of nitrogens with zero attached hydrogens (tertiary/aromatic N) is 1. The Morgan fingerprint density at radius 3 is 3.00 bits per heavy atom. The van der Waals surface area contributed by atoms with Gasteiger partial charge in [-0.05, 0) is 40.9 Å². The summed E-state index contributed by atoms with van der Waals surface area (Å²) >= 11 is 1.63. The van der Waals surface area contributed by atoms with Gasteiger partial charge in [-0.3, -0.25) is 9.59 Å². The number of hydrogen-bond donors (Lipinski definition) is 1. The van der Waals surface area contributed by atoms with Gasteiger partial charge in [0.05, 0.1) is 0 Å². The summed E-state index contributed by atoms with van der Waals surface area (Å²) in [6.45, 7) is 0.535. The van der Waals surface area contributed by atoms with Crippen LogP contribution in [0.25, 0.3) is 0 Å². The van der Waals surface area contributed by atoms with Gasteiger partial charge in [0.2, 0.25) is 0 Å². The summed E-state index contributed by atoms with van der Waals surface area (Å²) in [5.74, 6) is -0.313. The zero-order valence-electron chi connectivity index (χ0n) is 10.1. The molecule has 0 unspecified atom stereocenters. The van der Waals surface area contributed by atoms with E-state index in [-0.39, 0.29) is 17.0 Å². The van der Waals surface area contributed by atoms with Crippen LogP contribution in [0.3, 0.4) is 0 Å². The molecule has 2 heterocycles. The highest BCUT2D eigenvalue weighted by molar-refractivity contribution is 7.07. The minimum absolute atomic E-state index is 0.185. The summed E-state index contributed by atoms with van der Waals surface area (Å²) < 4.78 is 1.40. The lowest BCUT2D eigenvalue weighted by Gasteiger charge is -2.05. The molecular formula is C13H14N2O2S. The van der Waals surface area contributed by atoms with Crippen LogP contribution in [-0.2, 0) is 13.5 Å². The predicted molar refractivity (Wildman–Crippen MR) is 72.0 cm³/mol. The summed E-state index contributed by atoms with van der Waals surface area (Å²) in [5, 5.41) is 6.81. The number of nitrogens with one attached hydrogen (secondary N) is 1. The van der Waals surface area contributed by atoms with Crippen molar-refractivity contribution in [2.45, 2.75) is 6.42 Å². The maximum Gasteiger partial charge on any atom is 0.263 e. The summed E-state index contributed by atoms with van der Waals surface area (Å²) in [4.78, 5) is 23.5. The van der Waals surface area contributed by atoms with Crippen LogP contribution >= 0.6 is 11.3 Å². The van der Waals surface area contributed by atoms with Crippen LogP contribution in [0.15, 0.2) is 40.0 Å². The Morgan fingerprint density at radius 1 is 1.44 bits per heavy atom. The lowest BCUT2D eigenvalue weighted by atomic mass is 10.2. The van der Waals surface area contributed by atoms with E-state index in [4.69, 9.17) is 0 Å². The van der Waals surface area contributed by atoms with Crippen LogP contribution in [0.4, 0.5) is 0 Å². The van der Waals surface area contributed by atoms with Gasteiger partial charge >= 0.3 is 0 Å². The molecule has 0 fully saturated rings. The second-order valence-electron chi connectivity index (χ2n) is 3.98. The maximum atomic E-state index is 11.8. The highest BCUT2D eigenvalue weighted by Gasteiger charge is 2.09. The van der Waals surface area contributed by atoms with E-state index in [1.54, 1.807) is 36.7 Å². The number of amides is 1. The zero-order chi connectivity index (χ0) is 13.0. The molecule has 4 nitrogen and oxygen atoms in total. The van der Waals surface area contributed by atoms with Gasteiger partial charge in [-0.2, -0.15) is 11.3 Å². The molecule has 0 bridgehead atoms. The maximum absolute atomic E-state index is 11.8.